The maximum absolute atomic E-state index is 10.4. The highest BCUT2D eigenvalue weighted by atomic mass is 79.9. The highest BCUT2D eigenvalue weighted by Crippen LogP contribution is 2.21. The van der Waals surface area contributed by atoms with Gasteiger partial charge in [-0.3, -0.25) is 4.79 Å². The van der Waals surface area contributed by atoms with E-state index in [1.165, 1.54) is 0 Å². The topological polar surface area (TPSA) is 67.5 Å². The second-order valence-electron chi connectivity index (χ2n) is 3.04. The molecule has 0 aliphatic rings. The van der Waals surface area contributed by atoms with Crippen LogP contribution >= 0.6 is 15.9 Å². The van der Waals surface area contributed by atoms with Crippen molar-refractivity contribution in [1.29, 1.82) is 0 Å². The van der Waals surface area contributed by atoms with E-state index in [1.807, 2.05) is 0 Å². The quantitative estimate of drug-likeness (QED) is 0.917. The molecular formula is C9H8BrN3O2. The van der Waals surface area contributed by atoms with Gasteiger partial charge < -0.3 is 5.11 Å². The molecule has 0 unspecified atom stereocenters. The molecule has 15 heavy (non-hydrogen) atoms. The van der Waals surface area contributed by atoms with Gasteiger partial charge in [0.2, 0.25) is 0 Å². The molecule has 2 aromatic rings. The Morgan fingerprint density at radius 1 is 1.60 bits per heavy atom. The Balaban J connectivity index is 2.36. The van der Waals surface area contributed by atoms with E-state index in [1.54, 1.807) is 23.0 Å². The van der Waals surface area contributed by atoms with Crippen molar-refractivity contribution in [3.8, 4) is 0 Å². The number of rotatable bonds is 3. The molecule has 2 aromatic heterocycles. The molecule has 0 aliphatic heterocycles. The van der Waals surface area contributed by atoms with E-state index in [-0.39, 0.29) is 6.42 Å². The van der Waals surface area contributed by atoms with Crippen molar-refractivity contribution in [2.75, 3.05) is 0 Å². The Hall–Kier alpha value is -1.43. The second kappa shape index (κ2) is 3.98. The average Bonchev–Trinajstić information content (AvgIpc) is 2.54. The summed E-state index contributed by atoms with van der Waals surface area (Å²) in [7, 11) is 0. The Labute approximate surface area is 93.9 Å². The minimum absolute atomic E-state index is 0.0719. The average molecular weight is 270 g/mol. The minimum Gasteiger partial charge on any atom is -0.481 e. The molecule has 0 radical (unpaired) electrons. The Kier molecular flexibility index (Phi) is 2.68. The lowest BCUT2D eigenvalue weighted by molar-refractivity contribution is -0.136. The third-order valence-corrected chi connectivity index (χ3v) is 2.79. The van der Waals surface area contributed by atoms with Crippen LogP contribution in [0.25, 0.3) is 5.65 Å². The van der Waals surface area contributed by atoms with Gasteiger partial charge in [-0.15, -0.1) is 0 Å². The third-order valence-electron chi connectivity index (χ3n) is 1.98. The Morgan fingerprint density at radius 2 is 2.40 bits per heavy atom. The van der Waals surface area contributed by atoms with E-state index in [9.17, 15) is 4.79 Å². The van der Waals surface area contributed by atoms with Crippen molar-refractivity contribution in [3.05, 3.63) is 28.6 Å². The summed E-state index contributed by atoms with van der Waals surface area (Å²) >= 11 is 3.36. The number of carbonyl (C=O) groups is 1. The summed E-state index contributed by atoms with van der Waals surface area (Å²) in [6.07, 6.45) is 3.92. The SMILES string of the molecule is O=C(O)CCc1nn2cccnc2c1Br. The number of fused-ring (bicyclic) bond motifs is 1. The van der Waals surface area contributed by atoms with Gasteiger partial charge in [-0.05, 0) is 22.0 Å². The van der Waals surface area contributed by atoms with E-state index in [2.05, 4.69) is 26.0 Å². The molecule has 0 saturated heterocycles. The third kappa shape index (κ3) is 1.99. The van der Waals surface area contributed by atoms with Gasteiger partial charge in [0, 0.05) is 18.8 Å². The maximum atomic E-state index is 10.4. The van der Waals surface area contributed by atoms with Crippen LogP contribution in [-0.2, 0) is 11.2 Å². The first-order valence-electron chi connectivity index (χ1n) is 4.38. The summed E-state index contributed by atoms with van der Waals surface area (Å²) in [5.74, 6) is -0.827. The van der Waals surface area contributed by atoms with Crippen LogP contribution in [-0.4, -0.2) is 25.7 Å². The predicted molar refractivity (Wildman–Crippen MR) is 56.6 cm³/mol. The van der Waals surface area contributed by atoms with E-state index in [0.29, 0.717) is 12.1 Å². The molecule has 0 fully saturated rings. The first-order chi connectivity index (χ1) is 7.18. The smallest absolute Gasteiger partial charge is 0.303 e. The van der Waals surface area contributed by atoms with Crippen molar-refractivity contribution < 1.29 is 9.90 Å². The number of aryl methyl sites for hydroxylation is 1. The monoisotopic (exact) mass is 269 g/mol. The highest BCUT2D eigenvalue weighted by molar-refractivity contribution is 9.10. The number of hydrogen-bond donors (Lipinski definition) is 1. The largest absolute Gasteiger partial charge is 0.481 e. The molecule has 0 spiro atoms. The number of nitrogens with zero attached hydrogens (tertiary/aromatic N) is 3. The van der Waals surface area contributed by atoms with Crippen LogP contribution in [0, 0.1) is 0 Å². The van der Waals surface area contributed by atoms with Gasteiger partial charge in [0.25, 0.3) is 0 Å². The summed E-state index contributed by atoms with van der Waals surface area (Å²) in [5.41, 5.74) is 1.42. The van der Waals surface area contributed by atoms with Crippen LogP contribution in [0.1, 0.15) is 12.1 Å². The molecule has 6 heteroatoms. The zero-order valence-electron chi connectivity index (χ0n) is 7.72. The summed E-state index contributed by atoms with van der Waals surface area (Å²) < 4.78 is 2.39. The fourth-order valence-electron chi connectivity index (χ4n) is 1.29. The normalized spacial score (nSPS) is 10.7. The first-order valence-corrected chi connectivity index (χ1v) is 5.17. The Bertz CT molecular complexity index is 509. The van der Waals surface area contributed by atoms with Crippen molar-refractivity contribution >= 4 is 27.5 Å². The van der Waals surface area contributed by atoms with E-state index >= 15 is 0 Å². The van der Waals surface area contributed by atoms with Crippen molar-refractivity contribution in [3.63, 3.8) is 0 Å². The lowest BCUT2D eigenvalue weighted by Gasteiger charge is -1.91. The van der Waals surface area contributed by atoms with Crippen molar-refractivity contribution in [2.24, 2.45) is 0 Å². The molecule has 0 bridgehead atoms. The van der Waals surface area contributed by atoms with Crippen LogP contribution < -0.4 is 0 Å². The molecule has 0 amide bonds. The van der Waals surface area contributed by atoms with Crippen molar-refractivity contribution in [1.82, 2.24) is 14.6 Å². The predicted octanol–water partition coefficient (Wildman–Crippen LogP) is 1.51. The fourth-order valence-corrected chi connectivity index (χ4v) is 1.85. The van der Waals surface area contributed by atoms with Gasteiger partial charge >= 0.3 is 5.97 Å². The van der Waals surface area contributed by atoms with Crippen molar-refractivity contribution in [2.45, 2.75) is 12.8 Å². The summed E-state index contributed by atoms with van der Waals surface area (Å²) in [6, 6.07) is 1.77. The number of halogens is 1. The lowest BCUT2D eigenvalue weighted by atomic mass is 10.2. The molecule has 2 heterocycles. The van der Waals surface area contributed by atoms with E-state index < -0.39 is 5.97 Å². The van der Waals surface area contributed by atoms with Gasteiger partial charge in [-0.25, -0.2) is 9.50 Å². The standard InChI is InChI=1S/C9H8BrN3O2/c10-8-6(2-3-7(14)15)12-13-5-1-4-11-9(8)13/h1,4-5H,2-3H2,(H,14,15). The van der Waals surface area contributed by atoms with Gasteiger partial charge in [-0.1, -0.05) is 0 Å². The molecule has 78 valence electrons. The molecule has 1 N–H and O–H groups in total. The number of aliphatic carboxylic acids is 1. The maximum Gasteiger partial charge on any atom is 0.303 e. The van der Waals surface area contributed by atoms with E-state index in [0.717, 1.165) is 10.2 Å². The van der Waals surface area contributed by atoms with Gasteiger partial charge in [0.1, 0.15) is 0 Å². The van der Waals surface area contributed by atoms with Gasteiger partial charge in [0.15, 0.2) is 5.65 Å². The van der Waals surface area contributed by atoms with Gasteiger partial charge in [0.05, 0.1) is 16.6 Å². The van der Waals surface area contributed by atoms with Gasteiger partial charge in [-0.2, -0.15) is 5.10 Å². The van der Waals surface area contributed by atoms with Crippen LogP contribution in [0.5, 0.6) is 0 Å². The second-order valence-corrected chi connectivity index (χ2v) is 3.84. The van der Waals surface area contributed by atoms with Crippen LogP contribution in [0.2, 0.25) is 0 Å². The first kappa shape index (κ1) is 10.1. The Morgan fingerprint density at radius 3 is 3.07 bits per heavy atom. The molecule has 2 rings (SSSR count). The summed E-state index contributed by atoms with van der Waals surface area (Å²) in [5, 5.41) is 12.8. The summed E-state index contributed by atoms with van der Waals surface area (Å²) in [4.78, 5) is 14.6. The number of carboxylic acids is 1. The lowest BCUT2D eigenvalue weighted by Crippen LogP contribution is -1.98. The molecular weight excluding hydrogens is 262 g/mol. The molecule has 0 saturated carbocycles. The van der Waals surface area contributed by atoms with Crippen LogP contribution in [0.3, 0.4) is 0 Å². The minimum atomic E-state index is -0.827. The highest BCUT2D eigenvalue weighted by Gasteiger charge is 2.11. The zero-order chi connectivity index (χ0) is 10.8. The van der Waals surface area contributed by atoms with Crippen LogP contribution in [0.15, 0.2) is 22.9 Å². The zero-order valence-corrected chi connectivity index (χ0v) is 9.31. The fraction of sp³-hybridized carbons (Fsp3) is 0.222. The number of hydrogen-bond acceptors (Lipinski definition) is 3. The molecule has 0 atom stereocenters. The molecule has 0 aromatic carbocycles. The molecule has 5 nitrogen and oxygen atoms in total. The summed E-state index contributed by atoms with van der Waals surface area (Å²) in [6.45, 7) is 0. The van der Waals surface area contributed by atoms with E-state index in [4.69, 9.17) is 5.11 Å². The molecule has 0 aliphatic carbocycles. The van der Waals surface area contributed by atoms with Crippen LogP contribution in [0.4, 0.5) is 0 Å². The number of carboxylic acid groups (broad SMARTS) is 1. The number of aromatic nitrogens is 3.